The molecule has 0 aliphatic heterocycles. The van der Waals surface area contributed by atoms with Crippen molar-refractivity contribution in [1.29, 1.82) is 0 Å². The van der Waals surface area contributed by atoms with Gasteiger partial charge in [-0.1, -0.05) is 0 Å². The van der Waals surface area contributed by atoms with Gasteiger partial charge >= 0.3 is 6.18 Å². The van der Waals surface area contributed by atoms with E-state index in [0.29, 0.717) is 33.8 Å². The Morgan fingerprint density at radius 2 is 1.90 bits per heavy atom. The summed E-state index contributed by atoms with van der Waals surface area (Å²) < 4.78 is 66.7. The molecule has 158 valence electrons. The average molecular weight is 425 g/mol. The predicted molar refractivity (Wildman–Crippen MR) is 99.4 cm³/mol. The van der Waals surface area contributed by atoms with Gasteiger partial charge < -0.3 is 9.88 Å². The summed E-state index contributed by atoms with van der Waals surface area (Å²) in [5.74, 6) is 0.248. The van der Waals surface area contributed by atoms with Crippen LogP contribution in [0.15, 0.2) is 30.6 Å². The molecule has 4 heterocycles. The maximum Gasteiger partial charge on any atom is 0.408 e. The highest BCUT2D eigenvalue weighted by molar-refractivity contribution is 5.82. The van der Waals surface area contributed by atoms with E-state index < -0.39 is 25.2 Å². The van der Waals surface area contributed by atoms with E-state index in [1.54, 1.807) is 31.3 Å². The number of alkyl halides is 5. The van der Waals surface area contributed by atoms with Gasteiger partial charge in [-0.15, -0.1) is 5.10 Å². The number of nitrogens with one attached hydrogen (secondary N) is 1. The Morgan fingerprint density at radius 1 is 1.13 bits per heavy atom. The first-order valence-electron chi connectivity index (χ1n) is 8.93. The Morgan fingerprint density at radius 3 is 2.60 bits per heavy atom. The summed E-state index contributed by atoms with van der Waals surface area (Å²) >= 11 is 0. The van der Waals surface area contributed by atoms with Crippen molar-refractivity contribution in [1.82, 2.24) is 29.1 Å². The minimum absolute atomic E-state index is 0.177. The predicted octanol–water partition coefficient (Wildman–Crippen LogP) is 4.08. The van der Waals surface area contributed by atoms with Crippen LogP contribution in [0, 0.1) is 6.92 Å². The van der Waals surface area contributed by atoms with Crippen LogP contribution < -0.4 is 5.32 Å². The Hall–Kier alpha value is -3.31. The average Bonchev–Trinajstić information content (AvgIpc) is 3.21. The maximum absolute atomic E-state index is 12.9. The third-order valence-electron chi connectivity index (χ3n) is 4.63. The maximum atomic E-state index is 12.9. The van der Waals surface area contributed by atoms with Crippen molar-refractivity contribution < 1.29 is 22.0 Å². The second kappa shape index (κ2) is 7.18. The standard InChI is InChI=1S/C18H16F5N7/c1-9(18(21,22)23)25-17-24-7-14-11(5-6-30(14)28-17)12-3-4-13-16(27-12)29(8-15(19)20)10(2)26-13/h3-7,9,15H,8H2,1-2H3,(H,25,28)/t9-/m1/s1. The number of aromatic nitrogens is 6. The van der Waals surface area contributed by atoms with Crippen LogP contribution in [0.4, 0.5) is 27.9 Å². The normalized spacial score (nSPS) is 13.5. The summed E-state index contributed by atoms with van der Waals surface area (Å²) in [5.41, 5.74) is 2.40. The molecule has 1 atom stereocenters. The molecule has 7 nitrogen and oxygen atoms in total. The van der Waals surface area contributed by atoms with E-state index in [1.165, 1.54) is 15.3 Å². The Balaban J connectivity index is 1.72. The summed E-state index contributed by atoms with van der Waals surface area (Å²) in [4.78, 5) is 12.7. The zero-order valence-electron chi connectivity index (χ0n) is 15.8. The van der Waals surface area contributed by atoms with Crippen LogP contribution >= 0.6 is 0 Å². The van der Waals surface area contributed by atoms with Crippen LogP contribution in [-0.4, -0.2) is 47.8 Å². The molecule has 0 radical (unpaired) electrons. The van der Waals surface area contributed by atoms with Crippen LogP contribution in [0.1, 0.15) is 12.7 Å². The summed E-state index contributed by atoms with van der Waals surface area (Å²) in [6.07, 6.45) is -4.05. The molecule has 0 saturated heterocycles. The molecule has 0 saturated carbocycles. The highest BCUT2D eigenvalue weighted by Gasteiger charge is 2.36. The largest absolute Gasteiger partial charge is 0.408 e. The molecule has 0 aliphatic rings. The molecule has 4 rings (SSSR count). The fourth-order valence-corrected chi connectivity index (χ4v) is 3.08. The zero-order valence-corrected chi connectivity index (χ0v) is 15.8. The third-order valence-corrected chi connectivity index (χ3v) is 4.63. The molecule has 0 unspecified atom stereocenters. The van der Waals surface area contributed by atoms with Crippen LogP contribution in [0.25, 0.3) is 27.9 Å². The van der Waals surface area contributed by atoms with E-state index in [4.69, 9.17) is 0 Å². The van der Waals surface area contributed by atoms with Crippen LogP contribution in [-0.2, 0) is 6.54 Å². The van der Waals surface area contributed by atoms with Crippen LogP contribution in [0.5, 0.6) is 0 Å². The molecule has 0 spiro atoms. The second-order valence-electron chi connectivity index (χ2n) is 6.75. The van der Waals surface area contributed by atoms with Gasteiger partial charge in [0.2, 0.25) is 5.95 Å². The van der Waals surface area contributed by atoms with E-state index in [2.05, 4.69) is 25.4 Å². The van der Waals surface area contributed by atoms with Crippen molar-refractivity contribution in [3.8, 4) is 11.3 Å². The summed E-state index contributed by atoms with van der Waals surface area (Å²) in [5, 5.41) is 6.26. The van der Waals surface area contributed by atoms with Crippen molar-refractivity contribution >= 4 is 22.6 Å². The van der Waals surface area contributed by atoms with Gasteiger partial charge in [-0.25, -0.2) is 28.2 Å². The van der Waals surface area contributed by atoms with E-state index in [9.17, 15) is 22.0 Å². The van der Waals surface area contributed by atoms with Crippen molar-refractivity contribution in [2.45, 2.75) is 39.0 Å². The smallest absolute Gasteiger partial charge is 0.341 e. The number of fused-ring (bicyclic) bond motifs is 2. The van der Waals surface area contributed by atoms with Gasteiger partial charge in [0.1, 0.15) is 17.4 Å². The topological polar surface area (TPSA) is 72.9 Å². The fourth-order valence-electron chi connectivity index (χ4n) is 3.08. The van der Waals surface area contributed by atoms with Gasteiger partial charge in [0.25, 0.3) is 6.43 Å². The first kappa shape index (κ1) is 20.0. The van der Waals surface area contributed by atoms with E-state index in [1.807, 2.05) is 0 Å². The summed E-state index contributed by atoms with van der Waals surface area (Å²) in [7, 11) is 0. The number of aryl methyl sites for hydroxylation is 1. The minimum atomic E-state index is -4.43. The van der Waals surface area contributed by atoms with E-state index in [0.717, 1.165) is 6.92 Å². The molecule has 30 heavy (non-hydrogen) atoms. The molecule has 0 aliphatic carbocycles. The molecular weight excluding hydrogens is 409 g/mol. The molecule has 0 amide bonds. The summed E-state index contributed by atoms with van der Waals surface area (Å²) in [6.45, 7) is 2.07. The molecule has 1 N–H and O–H groups in total. The van der Waals surface area contributed by atoms with Gasteiger partial charge in [-0.2, -0.15) is 13.2 Å². The SMILES string of the molecule is Cc1nc2ccc(-c3ccn4nc(N[C@H](C)C(F)(F)F)ncc34)nc2n1CC(F)F. The van der Waals surface area contributed by atoms with Gasteiger partial charge in [-0.3, -0.25) is 0 Å². The molecule has 4 aromatic rings. The van der Waals surface area contributed by atoms with E-state index in [-0.39, 0.29) is 5.95 Å². The number of rotatable bonds is 5. The lowest BCUT2D eigenvalue weighted by atomic mass is 10.2. The molecule has 0 bridgehead atoms. The number of hydrogen-bond acceptors (Lipinski definition) is 5. The summed E-state index contributed by atoms with van der Waals surface area (Å²) in [6, 6.07) is 3.23. The van der Waals surface area contributed by atoms with Crippen molar-refractivity contribution in [3.63, 3.8) is 0 Å². The van der Waals surface area contributed by atoms with Gasteiger partial charge in [0.15, 0.2) is 5.65 Å². The second-order valence-corrected chi connectivity index (χ2v) is 6.75. The number of nitrogens with zero attached hydrogens (tertiary/aromatic N) is 6. The fraction of sp³-hybridized carbons (Fsp3) is 0.333. The molecule has 0 aromatic carbocycles. The first-order valence-corrected chi connectivity index (χ1v) is 8.93. The Kier molecular flexibility index (Phi) is 4.79. The van der Waals surface area contributed by atoms with Gasteiger partial charge in [0, 0.05) is 11.8 Å². The number of hydrogen-bond donors (Lipinski definition) is 1. The van der Waals surface area contributed by atoms with Gasteiger partial charge in [0.05, 0.1) is 24.0 Å². The van der Waals surface area contributed by atoms with Crippen molar-refractivity contribution in [2.75, 3.05) is 5.32 Å². The van der Waals surface area contributed by atoms with Crippen LogP contribution in [0.2, 0.25) is 0 Å². The molecule has 4 aromatic heterocycles. The number of pyridine rings is 1. The number of halogens is 5. The zero-order chi connectivity index (χ0) is 21.6. The quantitative estimate of drug-likeness (QED) is 0.488. The minimum Gasteiger partial charge on any atom is -0.341 e. The molecular formula is C18H16F5N7. The van der Waals surface area contributed by atoms with Gasteiger partial charge in [-0.05, 0) is 32.0 Å². The lowest BCUT2D eigenvalue weighted by Gasteiger charge is -2.16. The van der Waals surface area contributed by atoms with E-state index >= 15 is 0 Å². The highest BCUT2D eigenvalue weighted by atomic mass is 19.4. The first-order chi connectivity index (χ1) is 14.1. The van der Waals surface area contributed by atoms with Crippen molar-refractivity contribution in [2.24, 2.45) is 0 Å². The highest BCUT2D eigenvalue weighted by Crippen LogP contribution is 2.27. The third kappa shape index (κ3) is 3.64. The Labute approximate surface area is 166 Å². The molecule has 0 fully saturated rings. The monoisotopic (exact) mass is 425 g/mol. The Bertz CT molecular complexity index is 1210. The number of anilines is 1. The number of imidazole rings is 1. The lowest BCUT2D eigenvalue weighted by Crippen LogP contribution is -2.33. The molecule has 12 heteroatoms. The van der Waals surface area contributed by atoms with Crippen molar-refractivity contribution in [3.05, 3.63) is 36.4 Å². The van der Waals surface area contributed by atoms with Crippen LogP contribution in [0.3, 0.4) is 0 Å². The lowest BCUT2D eigenvalue weighted by molar-refractivity contribution is -0.138.